The summed E-state index contributed by atoms with van der Waals surface area (Å²) in [4.78, 5) is 0. The lowest BCUT2D eigenvalue weighted by atomic mass is 10.0. The van der Waals surface area contributed by atoms with Crippen LogP contribution in [0.1, 0.15) is 43.0 Å². The molecule has 0 aliphatic heterocycles. The van der Waals surface area contributed by atoms with Crippen molar-refractivity contribution in [3.63, 3.8) is 0 Å². The predicted octanol–water partition coefficient (Wildman–Crippen LogP) is 3.82. The second-order valence-electron chi connectivity index (χ2n) is 5.58. The molecule has 0 saturated carbocycles. The molecule has 1 N–H and O–H groups in total. The van der Waals surface area contributed by atoms with E-state index in [2.05, 4.69) is 23.8 Å². The third kappa shape index (κ3) is 4.97. The SMILES string of the molecule is CCCc1ccc(C(C)NS(=O)(=O)Cc2ccccc2)cc1. The van der Waals surface area contributed by atoms with E-state index in [1.807, 2.05) is 49.4 Å². The first kappa shape index (κ1) is 16.7. The summed E-state index contributed by atoms with van der Waals surface area (Å²) < 4.78 is 27.2. The zero-order chi connectivity index (χ0) is 16.0. The summed E-state index contributed by atoms with van der Waals surface area (Å²) in [6.07, 6.45) is 2.16. The Labute approximate surface area is 133 Å². The van der Waals surface area contributed by atoms with Crippen LogP contribution in [0.3, 0.4) is 0 Å². The van der Waals surface area contributed by atoms with Crippen molar-refractivity contribution in [2.75, 3.05) is 0 Å². The molecule has 2 aromatic rings. The number of rotatable bonds is 7. The number of benzene rings is 2. The van der Waals surface area contributed by atoms with Crippen LogP contribution in [0, 0.1) is 0 Å². The van der Waals surface area contributed by atoms with Gasteiger partial charge in [-0.15, -0.1) is 0 Å². The fourth-order valence-corrected chi connectivity index (χ4v) is 3.82. The number of aryl methyl sites for hydroxylation is 1. The molecule has 0 amide bonds. The van der Waals surface area contributed by atoms with Gasteiger partial charge in [0, 0.05) is 6.04 Å². The topological polar surface area (TPSA) is 46.2 Å². The Kier molecular flexibility index (Phi) is 5.75. The number of sulfonamides is 1. The maximum atomic E-state index is 12.2. The number of hydrogen-bond donors (Lipinski definition) is 1. The first-order valence-corrected chi connectivity index (χ1v) is 9.28. The zero-order valence-corrected chi connectivity index (χ0v) is 13.9. The molecule has 0 aliphatic rings. The Morgan fingerprint density at radius 2 is 1.59 bits per heavy atom. The monoisotopic (exact) mass is 317 g/mol. The largest absolute Gasteiger partial charge is 0.216 e. The Balaban J connectivity index is 2.02. The zero-order valence-electron chi connectivity index (χ0n) is 13.1. The lowest BCUT2D eigenvalue weighted by molar-refractivity contribution is 0.566. The van der Waals surface area contributed by atoms with Crippen molar-refractivity contribution in [1.82, 2.24) is 4.72 Å². The first-order chi connectivity index (χ1) is 10.5. The molecule has 2 rings (SSSR count). The summed E-state index contributed by atoms with van der Waals surface area (Å²) in [7, 11) is -3.35. The highest BCUT2D eigenvalue weighted by atomic mass is 32.2. The minimum absolute atomic E-state index is 0.00605. The van der Waals surface area contributed by atoms with Gasteiger partial charge < -0.3 is 0 Å². The Morgan fingerprint density at radius 1 is 0.955 bits per heavy atom. The van der Waals surface area contributed by atoms with Crippen LogP contribution in [-0.2, 0) is 22.2 Å². The van der Waals surface area contributed by atoms with Crippen LogP contribution in [0.2, 0.25) is 0 Å². The third-order valence-corrected chi connectivity index (χ3v) is 5.00. The second-order valence-corrected chi connectivity index (χ2v) is 7.33. The Morgan fingerprint density at radius 3 is 2.18 bits per heavy atom. The van der Waals surface area contributed by atoms with E-state index in [-0.39, 0.29) is 11.8 Å². The average Bonchev–Trinajstić information content (AvgIpc) is 2.48. The predicted molar refractivity (Wildman–Crippen MR) is 91.1 cm³/mol. The lowest BCUT2D eigenvalue weighted by Gasteiger charge is -2.15. The van der Waals surface area contributed by atoms with Gasteiger partial charge in [-0.25, -0.2) is 13.1 Å². The molecule has 22 heavy (non-hydrogen) atoms. The van der Waals surface area contributed by atoms with Crippen LogP contribution in [0.4, 0.5) is 0 Å². The molecule has 2 aromatic carbocycles. The molecule has 0 aromatic heterocycles. The molecule has 0 saturated heterocycles. The maximum Gasteiger partial charge on any atom is 0.216 e. The van der Waals surface area contributed by atoms with Crippen molar-refractivity contribution < 1.29 is 8.42 Å². The molecule has 0 heterocycles. The van der Waals surface area contributed by atoms with Gasteiger partial charge in [0.15, 0.2) is 0 Å². The normalized spacial score (nSPS) is 13.0. The van der Waals surface area contributed by atoms with Crippen molar-refractivity contribution in [3.05, 3.63) is 71.3 Å². The molecule has 1 unspecified atom stereocenters. The molecular weight excluding hydrogens is 294 g/mol. The van der Waals surface area contributed by atoms with Gasteiger partial charge in [0.1, 0.15) is 0 Å². The summed E-state index contributed by atoms with van der Waals surface area (Å²) in [6, 6.07) is 17.1. The van der Waals surface area contributed by atoms with E-state index in [9.17, 15) is 8.42 Å². The molecule has 0 bridgehead atoms. The highest BCUT2D eigenvalue weighted by molar-refractivity contribution is 7.88. The van der Waals surface area contributed by atoms with Crippen LogP contribution in [-0.4, -0.2) is 8.42 Å². The third-order valence-electron chi connectivity index (χ3n) is 3.57. The summed E-state index contributed by atoms with van der Waals surface area (Å²) in [5, 5.41) is 0. The van der Waals surface area contributed by atoms with Crippen molar-refractivity contribution in [1.29, 1.82) is 0 Å². The number of hydrogen-bond acceptors (Lipinski definition) is 2. The van der Waals surface area contributed by atoms with Gasteiger partial charge in [-0.2, -0.15) is 0 Å². The van der Waals surface area contributed by atoms with Crippen molar-refractivity contribution >= 4 is 10.0 Å². The van der Waals surface area contributed by atoms with Crippen molar-refractivity contribution in [2.24, 2.45) is 0 Å². The van der Waals surface area contributed by atoms with Crippen LogP contribution >= 0.6 is 0 Å². The van der Waals surface area contributed by atoms with Gasteiger partial charge in [0.2, 0.25) is 10.0 Å². The second kappa shape index (κ2) is 7.56. The minimum atomic E-state index is -3.35. The molecule has 0 fully saturated rings. The first-order valence-electron chi connectivity index (χ1n) is 7.63. The van der Waals surface area contributed by atoms with Crippen molar-refractivity contribution in [2.45, 2.75) is 38.5 Å². The van der Waals surface area contributed by atoms with E-state index in [4.69, 9.17) is 0 Å². The summed E-state index contributed by atoms with van der Waals surface area (Å²) in [5.41, 5.74) is 3.06. The lowest BCUT2D eigenvalue weighted by Crippen LogP contribution is -2.28. The Bertz CT molecular complexity index is 679. The fourth-order valence-electron chi connectivity index (χ4n) is 2.43. The van der Waals surface area contributed by atoms with Crippen LogP contribution in [0.5, 0.6) is 0 Å². The van der Waals surface area contributed by atoms with Crippen molar-refractivity contribution in [3.8, 4) is 0 Å². The smallest absolute Gasteiger partial charge is 0.212 e. The van der Waals surface area contributed by atoms with E-state index in [0.717, 1.165) is 24.0 Å². The molecule has 1 atom stereocenters. The molecule has 118 valence electrons. The fraction of sp³-hybridized carbons (Fsp3) is 0.333. The highest BCUT2D eigenvalue weighted by Crippen LogP contribution is 2.16. The van der Waals surface area contributed by atoms with Crippen LogP contribution in [0.15, 0.2) is 54.6 Å². The average molecular weight is 317 g/mol. The van der Waals surface area contributed by atoms with Gasteiger partial charge in [0.05, 0.1) is 5.75 Å². The summed E-state index contributed by atoms with van der Waals surface area (Å²) >= 11 is 0. The molecular formula is C18H23NO2S. The van der Waals surface area contributed by atoms with Gasteiger partial charge in [-0.3, -0.25) is 0 Å². The molecule has 0 aliphatic carbocycles. The van der Waals surface area contributed by atoms with Crippen LogP contribution in [0.25, 0.3) is 0 Å². The van der Waals surface area contributed by atoms with Gasteiger partial charge in [0.25, 0.3) is 0 Å². The summed E-state index contributed by atoms with van der Waals surface area (Å²) in [5.74, 6) is 0.00605. The molecule has 0 radical (unpaired) electrons. The van der Waals surface area contributed by atoms with E-state index in [1.54, 1.807) is 0 Å². The standard InChI is InChI=1S/C18H23NO2S/c1-3-7-16-10-12-18(13-11-16)15(2)19-22(20,21)14-17-8-5-4-6-9-17/h4-6,8-13,15,19H,3,7,14H2,1-2H3. The molecule has 3 nitrogen and oxygen atoms in total. The van der Waals surface area contributed by atoms with Gasteiger partial charge in [-0.1, -0.05) is 67.9 Å². The van der Waals surface area contributed by atoms with E-state index >= 15 is 0 Å². The van der Waals surface area contributed by atoms with E-state index in [1.165, 1.54) is 5.56 Å². The van der Waals surface area contributed by atoms with Gasteiger partial charge >= 0.3 is 0 Å². The van der Waals surface area contributed by atoms with Gasteiger partial charge in [-0.05, 0) is 30.0 Å². The number of nitrogens with one attached hydrogen (secondary N) is 1. The van der Waals surface area contributed by atoms with E-state index < -0.39 is 10.0 Å². The molecule has 0 spiro atoms. The summed E-state index contributed by atoms with van der Waals surface area (Å²) in [6.45, 7) is 4.02. The maximum absolute atomic E-state index is 12.2. The van der Waals surface area contributed by atoms with E-state index in [0.29, 0.717) is 0 Å². The molecule has 4 heteroatoms. The quantitative estimate of drug-likeness (QED) is 0.844. The minimum Gasteiger partial charge on any atom is -0.212 e. The highest BCUT2D eigenvalue weighted by Gasteiger charge is 2.16. The van der Waals surface area contributed by atoms with Crippen LogP contribution < -0.4 is 4.72 Å². The Hall–Kier alpha value is -1.65.